The number of pyridine rings is 2. The summed E-state index contributed by atoms with van der Waals surface area (Å²) in [5, 5.41) is 10.0. The van der Waals surface area contributed by atoms with Crippen LogP contribution in [0.5, 0.6) is 0 Å². The maximum atomic E-state index is 13.4. The molecule has 6 aromatic heterocycles. The van der Waals surface area contributed by atoms with Crippen molar-refractivity contribution in [2.24, 2.45) is 24.9 Å². The number of allylic oxidation sites excluding steroid dienone is 4. The number of nitrogens with zero attached hydrogens (tertiary/aromatic N) is 8. The molecule has 71 heavy (non-hydrogen) atoms. The molecule has 0 amide bonds. The molecule has 0 saturated heterocycles. The van der Waals surface area contributed by atoms with Gasteiger partial charge in [-0.1, -0.05) is 91.1 Å². The van der Waals surface area contributed by atoms with Gasteiger partial charge in [0.05, 0.1) is 22.2 Å². The smallest absolute Gasteiger partial charge is 0.269 e. The molecular weight excluding hydrogens is 1090 g/mol. The molecule has 4 N–H and O–H groups in total. The van der Waals surface area contributed by atoms with Crippen LogP contribution in [0.3, 0.4) is 0 Å². The summed E-state index contributed by atoms with van der Waals surface area (Å²) in [6, 6.07) is 20.7. The van der Waals surface area contributed by atoms with Gasteiger partial charge in [-0.3, -0.25) is 9.36 Å². The first-order valence-electron chi connectivity index (χ1n) is 21.7. The Bertz CT molecular complexity index is 3370. The van der Waals surface area contributed by atoms with Crippen LogP contribution >= 0.6 is 15.9 Å². The zero-order chi connectivity index (χ0) is 47.0. The average Bonchev–Trinajstić information content (AvgIpc) is 4.11. The normalized spacial score (nSPS) is 14.7. The SMILES string of the molecule is C.C.Cn1cc(-c2cn(S(=O)(=O)c3ccccc3)c3ncc(Br)cc23)cn1.Cn1cc(-c2cn(S(=O)(=O)c3ccccc3)c3ncc(C4=CCC(C)(C)CC4)cc23)cn1.O.O.[B]C1=CCC(C)(C)CC1.[Pd]. The average molecular weight is 1160 g/mol. The topological polar surface area (TPSA) is 203 Å². The van der Waals surface area contributed by atoms with Crippen molar-refractivity contribution in [2.75, 3.05) is 0 Å². The minimum absolute atomic E-state index is 0. The van der Waals surface area contributed by atoms with Crippen molar-refractivity contribution in [1.29, 1.82) is 0 Å². The summed E-state index contributed by atoms with van der Waals surface area (Å²) >= 11 is 3.41. The molecular formula is C52H64BBrN8O6PdS2. The second-order valence-corrected chi connectivity index (χ2v) is 23.0. The van der Waals surface area contributed by atoms with E-state index in [9.17, 15) is 16.8 Å². The molecule has 0 fully saturated rings. The fourth-order valence-electron chi connectivity index (χ4n) is 8.10. The van der Waals surface area contributed by atoms with Crippen molar-refractivity contribution in [3.05, 3.63) is 150 Å². The molecule has 0 saturated carbocycles. The molecule has 2 radical (unpaired) electrons. The van der Waals surface area contributed by atoms with Crippen LogP contribution in [0.1, 0.15) is 86.6 Å². The molecule has 6 heterocycles. The molecule has 19 heteroatoms. The van der Waals surface area contributed by atoms with Crippen molar-refractivity contribution in [2.45, 2.75) is 90.9 Å². The first-order valence-corrected chi connectivity index (χ1v) is 25.4. The first-order chi connectivity index (χ1) is 31.3. The molecule has 2 aliphatic carbocycles. The van der Waals surface area contributed by atoms with E-state index in [1.54, 1.807) is 107 Å². The summed E-state index contributed by atoms with van der Waals surface area (Å²) in [6.45, 7) is 9.15. The van der Waals surface area contributed by atoms with Crippen molar-refractivity contribution in [3.8, 4) is 22.3 Å². The summed E-state index contributed by atoms with van der Waals surface area (Å²) in [6.07, 6.45) is 24.9. The van der Waals surface area contributed by atoms with Crippen LogP contribution < -0.4 is 0 Å². The van der Waals surface area contributed by atoms with Crippen LogP contribution in [0.2, 0.25) is 0 Å². The molecule has 14 nitrogen and oxygen atoms in total. The molecule has 0 aliphatic heterocycles. The molecule has 0 bridgehead atoms. The Kier molecular flexibility index (Phi) is 20.3. The van der Waals surface area contributed by atoms with Crippen LogP contribution in [0, 0.1) is 10.8 Å². The summed E-state index contributed by atoms with van der Waals surface area (Å²) < 4.78 is 59.7. The molecule has 2 aliphatic rings. The Balaban J connectivity index is 0.000000306. The molecule has 2 aromatic carbocycles. The minimum Gasteiger partial charge on any atom is -0.412 e. The van der Waals surface area contributed by atoms with Gasteiger partial charge >= 0.3 is 0 Å². The first kappa shape index (κ1) is 60.1. The molecule has 0 unspecified atom stereocenters. The van der Waals surface area contributed by atoms with Crippen molar-refractivity contribution in [3.63, 3.8) is 0 Å². The van der Waals surface area contributed by atoms with Gasteiger partial charge in [-0.15, -0.1) is 5.47 Å². The van der Waals surface area contributed by atoms with Gasteiger partial charge in [-0.05, 0) is 113 Å². The molecule has 8 aromatic rings. The Morgan fingerprint density at radius 3 is 1.42 bits per heavy atom. The van der Waals surface area contributed by atoms with E-state index in [2.05, 4.69) is 82.0 Å². The van der Waals surface area contributed by atoms with Gasteiger partial charge in [0.1, 0.15) is 7.85 Å². The molecule has 0 atom stereocenters. The Morgan fingerprint density at radius 1 is 0.592 bits per heavy atom. The van der Waals surface area contributed by atoms with E-state index in [1.807, 2.05) is 32.6 Å². The van der Waals surface area contributed by atoms with Crippen LogP contribution in [-0.4, -0.2) is 73.1 Å². The zero-order valence-electron chi connectivity index (χ0n) is 39.2. The third-order valence-electron chi connectivity index (χ3n) is 12.2. The number of aryl methyl sites for hydroxylation is 2. The third kappa shape index (κ3) is 13.2. The van der Waals surface area contributed by atoms with Crippen LogP contribution in [-0.2, 0) is 54.6 Å². The number of aromatic nitrogens is 8. The van der Waals surface area contributed by atoms with E-state index in [0.717, 1.165) is 80.6 Å². The van der Waals surface area contributed by atoms with E-state index < -0.39 is 20.0 Å². The number of benzene rings is 2. The summed E-state index contributed by atoms with van der Waals surface area (Å²) in [5.74, 6) is 0. The van der Waals surface area contributed by atoms with Gasteiger partial charge in [-0.2, -0.15) is 10.2 Å². The summed E-state index contributed by atoms with van der Waals surface area (Å²) in [5.41, 5.74) is 8.27. The van der Waals surface area contributed by atoms with Crippen molar-refractivity contribution in [1.82, 2.24) is 37.5 Å². The molecule has 0 spiro atoms. The van der Waals surface area contributed by atoms with E-state index in [0.29, 0.717) is 22.1 Å². The fraction of sp³-hybridized carbons (Fsp3) is 0.308. The van der Waals surface area contributed by atoms with Crippen LogP contribution in [0.25, 0.3) is 49.9 Å². The Morgan fingerprint density at radius 2 is 1.03 bits per heavy atom. The maximum Gasteiger partial charge on any atom is 0.269 e. The van der Waals surface area contributed by atoms with E-state index in [4.69, 9.17) is 7.85 Å². The second kappa shape index (κ2) is 24.0. The number of fused-ring (bicyclic) bond motifs is 2. The van der Waals surface area contributed by atoms with Gasteiger partial charge in [-0.25, -0.2) is 34.7 Å². The Labute approximate surface area is 442 Å². The van der Waals surface area contributed by atoms with Crippen LogP contribution in [0.4, 0.5) is 0 Å². The van der Waals surface area contributed by atoms with Gasteiger partial charge < -0.3 is 11.0 Å². The largest absolute Gasteiger partial charge is 0.412 e. The quantitative estimate of drug-likeness (QED) is 0.140. The zero-order valence-corrected chi connectivity index (χ0v) is 44.0. The van der Waals surface area contributed by atoms with E-state index in [1.165, 1.54) is 19.9 Å². The van der Waals surface area contributed by atoms with E-state index in [-0.39, 0.29) is 56.0 Å². The Hall–Kier alpha value is -5.25. The third-order valence-corrected chi connectivity index (χ3v) is 15.9. The van der Waals surface area contributed by atoms with Crippen molar-refractivity contribution >= 4 is 71.5 Å². The molecule has 10 rings (SSSR count). The van der Waals surface area contributed by atoms with Gasteiger partial charge in [0.2, 0.25) is 0 Å². The minimum atomic E-state index is -3.79. The van der Waals surface area contributed by atoms with Crippen LogP contribution in [0.15, 0.2) is 154 Å². The number of hydrogen-bond acceptors (Lipinski definition) is 8. The summed E-state index contributed by atoms with van der Waals surface area (Å²) in [4.78, 5) is 9.44. The maximum absolute atomic E-state index is 13.4. The standard InChI is InChI=1S/C25H26N4O2S.C17H13BrN4O2S.C8H13B.2CH4.2H2O.Pd/c1-25(2)11-9-18(10-12-25)19-13-22-23(20-15-27-28(3)16-20)17-29(24(22)26-14-19)32(30,31)21-7-5-4-6-8-21;1-21-10-12(8-20-21)16-11-22(17-15(16)7-13(18)9-19-17)25(23,24)14-5-3-2-4-6-14;1-8(2)5-3-7(9)4-6-8;;;;;/h4-9,13-17H,10-12H2,1-3H3;2-11H,1H3;3H,4-6H2,1-2H3;2*1H4;2*1H2;. The number of hydrogen-bond donors (Lipinski definition) is 0. The predicted octanol–water partition coefficient (Wildman–Crippen LogP) is 10.6. The van der Waals surface area contributed by atoms with Gasteiger partial charge in [0, 0.05) is 109 Å². The summed E-state index contributed by atoms with van der Waals surface area (Å²) in [7, 11) is 1.75. The monoisotopic (exact) mass is 1160 g/mol. The second-order valence-electron chi connectivity index (χ2n) is 18.5. The fourth-order valence-corrected chi connectivity index (χ4v) is 11.1. The predicted molar refractivity (Wildman–Crippen MR) is 287 cm³/mol. The van der Waals surface area contributed by atoms with Gasteiger partial charge in [0.25, 0.3) is 20.0 Å². The van der Waals surface area contributed by atoms with E-state index >= 15 is 0 Å². The van der Waals surface area contributed by atoms with Gasteiger partial charge in [0.15, 0.2) is 11.3 Å². The number of halogens is 1. The molecule has 380 valence electrons. The van der Waals surface area contributed by atoms with Crippen molar-refractivity contribution < 1.29 is 48.2 Å². The number of rotatable bonds is 7.